The Bertz CT molecular complexity index is 1220. The Labute approximate surface area is 195 Å². The highest BCUT2D eigenvalue weighted by molar-refractivity contribution is 5.91. The Morgan fingerprint density at radius 2 is 2.00 bits per heavy atom. The van der Waals surface area contributed by atoms with Crippen LogP contribution in [-0.4, -0.2) is 35.4 Å². The molecule has 2 heterocycles. The number of nitrogens with two attached hydrogens (primary N) is 1. The summed E-state index contributed by atoms with van der Waals surface area (Å²) in [6.07, 6.45) is 3.18. The van der Waals surface area contributed by atoms with E-state index in [1.165, 1.54) is 22.8 Å². The van der Waals surface area contributed by atoms with Gasteiger partial charge in [0.25, 0.3) is 0 Å². The summed E-state index contributed by atoms with van der Waals surface area (Å²) in [6.45, 7) is 11.4. The number of amidine groups is 1. The van der Waals surface area contributed by atoms with E-state index in [1.807, 2.05) is 18.2 Å². The van der Waals surface area contributed by atoms with E-state index >= 15 is 0 Å². The lowest BCUT2D eigenvalue weighted by Crippen LogP contribution is -2.42. The van der Waals surface area contributed by atoms with Gasteiger partial charge in [-0.15, -0.1) is 0 Å². The molecule has 6 heteroatoms. The fourth-order valence-corrected chi connectivity index (χ4v) is 4.71. The van der Waals surface area contributed by atoms with Gasteiger partial charge in [-0.1, -0.05) is 48.0 Å². The van der Waals surface area contributed by atoms with Crippen LogP contribution in [-0.2, 0) is 6.42 Å². The number of piperidine rings is 1. The number of anilines is 1. The van der Waals surface area contributed by atoms with E-state index in [1.54, 1.807) is 6.07 Å². The second kappa shape index (κ2) is 10.0. The number of H-pyrrole nitrogens is 1. The van der Waals surface area contributed by atoms with Crippen molar-refractivity contribution in [2.24, 2.45) is 16.6 Å². The minimum Gasteiger partial charge on any atom is -0.387 e. The molecule has 6 nitrogen and oxygen atoms in total. The molecule has 0 spiro atoms. The van der Waals surface area contributed by atoms with Crippen molar-refractivity contribution in [2.75, 3.05) is 25.0 Å². The number of pyridine rings is 1. The Hall–Kier alpha value is -3.38. The number of aryl methyl sites for hydroxylation is 2. The molecule has 3 aromatic rings. The molecule has 1 unspecified atom stereocenters. The number of hydrogen-bond acceptors (Lipinski definition) is 4. The van der Waals surface area contributed by atoms with Crippen molar-refractivity contribution >= 4 is 22.4 Å². The van der Waals surface area contributed by atoms with Gasteiger partial charge in [-0.25, -0.2) is 4.99 Å². The van der Waals surface area contributed by atoms with Gasteiger partial charge >= 0.3 is 0 Å². The number of nitrogens with one attached hydrogen (secondary N) is 2. The van der Waals surface area contributed by atoms with Gasteiger partial charge in [0.15, 0.2) is 0 Å². The first-order valence-corrected chi connectivity index (χ1v) is 11.6. The first kappa shape index (κ1) is 22.8. The molecule has 0 aliphatic carbocycles. The standard InChI is InChI=1S/C27H33N5O/c1-18-14-19(2)16-21(15-18)11-13-32-12-5-7-23(17-32)27(28)30-20(3)29-24-8-4-6-22-9-10-25(33)31-26(22)24/h4,6,8-10,14-16,23,29H,3,5,7,11-13,17H2,1-2H3,(H2,28,30)(H,31,33). The zero-order chi connectivity index (χ0) is 23.4. The van der Waals surface area contributed by atoms with Crippen molar-refractivity contribution in [3.63, 3.8) is 0 Å². The molecule has 1 fully saturated rings. The number of aliphatic imine (C=N–C) groups is 1. The average Bonchev–Trinajstić information content (AvgIpc) is 2.77. The van der Waals surface area contributed by atoms with Crippen LogP contribution < -0.4 is 16.6 Å². The van der Waals surface area contributed by atoms with E-state index in [9.17, 15) is 4.79 Å². The lowest BCUT2D eigenvalue weighted by molar-refractivity contribution is 0.206. The van der Waals surface area contributed by atoms with Crippen LogP contribution in [0.3, 0.4) is 0 Å². The van der Waals surface area contributed by atoms with Crippen molar-refractivity contribution in [1.82, 2.24) is 9.88 Å². The van der Waals surface area contributed by atoms with Gasteiger partial charge in [0, 0.05) is 30.5 Å². The fraction of sp³-hybridized carbons (Fsp3) is 0.333. The summed E-state index contributed by atoms with van der Waals surface area (Å²) in [5, 5.41) is 4.15. The molecule has 1 atom stereocenters. The quantitative estimate of drug-likeness (QED) is 0.374. The Kier molecular flexibility index (Phi) is 6.94. The van der Waals surface area contributed by atoms with Crippen molar-refractivity contribution < 1.29 is 0 Å². The summed E-state index contributed by atoms with van der Waals surface area (Å²) < 4.78 is 0. The number of aromatic amines is 1. The van der Waals surface area contributed by atoms with Gasteiger partial charge in [-0.2, -0.15) is 0 Å². The molecule has 2 aromatic carbocycles. The van der Waals surface area contributed by atoms with Crippen LogP contribution in [0.4, 0.5) is 5.69 Å². The first-order chi connectivity index (χ1) is 15.9. The third-order valence-corrected chi connectivity index (χ3v) is 6.22. The van der Waals surface area contributed by atoms with Crippen LogP contribution in [0.2, 0.25) is 0 Å². The van der Waals surface area contributed by atoms with Crippen molar-refractivity contribution in [3.8, 4) is 0 Å². The third kappa shape index (κ3) is 5.90. The summed E-state index contributed by atoms with van der Waals surface area (Å²) in [5.74, 6) is 1.29. The molecule has 1 aromatic heterocycles. The number of rotatable bonds is 7. The number of fused-ring (bicyclic) bond motifs is 1. The molecule has 0 saturated carbocycles. The highest BCUT2D eigenvalue weighted by atomic mass is 16.1. The van der Waals surface area contributed by atoms with Gasteiger partial charge < -0.3 is 20.9 Å². The van der Waals surface area contributed by atoms with E-state index in [2.05, 4.69) is 58.8 Å². The zero-order valence-corrected chi connectivity index (χ0v) is 19.5. The normalized spacial score (nSPS) is 17.3. The van der Waals surface area contributed by atoms with Gasteiger partial charge in [-0.3, -0.25) is 4.79 Å². The molecule has 172 valence electrons. The summed E-state index contributed by atoms with van der Waals surface area (Å²) in [6, 6.07) is 15.9. The summed E-state index contributed by atoms with van der Waals surface area (Å²) in [7, 11) is 0. The number of likely N-dealkylation sites (tertiary alicyclic amines) is 1. The summed E-state index contributed by atoms with van der Waals surface area (Å²) in [5.41, 5.74) is 11.8. The third-order valence-electron chi connectivity index (χ3n) is 6.22. The van der Waals surface area contributed by atoms with E-state index in [4.69, 9.17) is 5.73 Å². The molecule has 4 rings (SSSR count). The number of nitrogens with zero attached hydrogens (tertiary/aromatic N) is 2. The molecule has 33 heavy (non-hydrogen) atoms. The number of benzene rings is 2. The van der Waals surface area contributed by atoms with Crippen LogP contribution in [0.15, 0.2) is 70.7 Å². The summed E-state index contributed by atoms with van der Waals surface area (Å²) in [4.78, 5) is 21.7. The second-order valence-corrected chi connectivity index (χ2v) is 9.09. The summed E-state index contributed by atoms with van der Waals surface area (Å²) >= 11 is 0. The Balaban J connectivity index is 1.38. The van der Waals surface area contributed by atoms with Crippen molar-refractivity contribution in [2.45, 2.75) is 33.1 Å². The highest BCUT2D eigenvalue weighted by Gasteiger charge is 2.22. The van der Waals surface area contributed by atoms with Crippen LogP contribution in [0, 0.1) is 19.8 Å². The van der Waals surface area contributed by atoms with E-state index in [0.717, 1.165) is 55.5 Å². The predicted octanol–water partition coefficient (Wildman–Crippen LogP) is 4.34. The first-order valence-electron chi connectivity index (χ1n) is 11.6. The van der Waals surface area contributed by atoms with Crippen molar-refractivity contribution in [3.05, 3.63) is 88.0 Å². The van der Waals surface area contributed by atoms with Gasteiger partial charge in [0.05, 0.1) is 11.2 Å². The lowest BCUT2D eigenvalue weighted by Gasteiger charge is -2.32. The second-order valence-electron chi connectivity index (χ2n) is 9.09. The molecule has 1 aliphatic rings. The molecule has 0 radical (unpaired) electrons. The molecular weight excluding hydrogens is 410 g/mol. The van der Waals surface area contributed by atoms with Gasteiger partial charge in [-0.05, 0) is 57.4 Å². The van der Waals surface area contributed by atoms with Crippen LogP contribution in [0.1, 0.15) is 29.5 Å². The maximum atomic E-state index is 11.8. The van der Waals surface area contributed by atoms with E-state index in [-0.39, 0.29) is 11.5 Å². The smallest absolute Gasteiger partial charge is 0.248 e. The Morgan fingerprint density at radius 1 is 1.21 bits per heavy atom. The molecular formula is C27H33N5O. The maximum absolute atomic E-state index is 11.8. The lowest BCUT2D eigenvalue weighted by atomic mass is 9.96. The molecule has 1 saturated heterocycles. The van der Waals surface area contributed by atoms with Gasteiger partial charge in [0.2, 0.25) is 5.56 Å². The predicted molar refractivity (Wildman–Crippen MR) is 138 cm³/mol. The van der Waals surface area contributed by atoms with Gasteiger partial charge in [0.1, 0.15) is 11.7 Å². The largest absolute Gasteiger partial charge is 0.387 e. The van der Waals surface area contributed by atoms with E-state index < -0.39 is 0 Å². The van der Waals surface area contributed by atoms with Crippen LogP contribution >= 0.6 is 0 Å². The monoisotopic (exact) mass is 443 g/mol. The molecule has 1 aliphatic heterocycles. The van der Waals surface area contributed by atoms with Crippen molar-refractivity contribution in [1.29, 1.82) is 0 Å². The van der Waals surface area contributed by atoms with E-state index in [0.29, 0.717) is 11.7 Å². The zero-order valence-electron chi connectivity index (χ0n) is 19.5. The average molecular weight is 444 g/mol. The number of para-hydroxylation sites is 1. The van der Waals surface area contributed by atoms with Crippen LogP contribution in [0.5, 0.6) is 0 Å². The van der Waals surface area contributed by atoms with Crippen LogP contribution in [0.25, 0.3) is 10.9 Å². The number of hydrogen-bond donors (Lipinski definition) is 3. The minimum atomic E-state index is -0.145. The Morgan fingerprint density at radius 3 is 2.79 bits per heavy atom. The molecule has 0 bridgehead atoms. The molecule has 0 amide bonds. The maximum Gasteiger partial charge on any atom is 0.248 e. The molecule has 4 N–H and O–H groups in total. The SMILES string of the molecule is C=C(/N=C(\N)C1CCCN(CCc2cc(C)cc(C)c2)C1)Nc1cccc2ccc(=O)[nH]c12. The number of aromatic nitrogens is 1. The minimum absolute atomic E-state index is 0.145. The fourth-order valence-electron chi connectivity index (χ4n) is 4.71. The highest BCUT2D eigenvalue weighted by Crippen LogP contribution is 2.22. The topological polar surface area (TPSA) is 86.5 Å².